The van der Waals surface area contributed by atoms with Gasteiger partial charge in [-0.05, 0) is 64.1 Å². The minimum Gasteiger partial charge on any atom is -0.489 e. The molecule has 1 heterocycles. The Morgan fingerprint density at radius 3 is 2.44 bits per heavy atom. The second kappa shape index (κ2) is 9.53. The molecule has 1 saturated heterocycles. The normalized spacial score (nSPS) is 14.5. The van der Waals surface area contributed by atoms with Crippen LogP contribution in [0, 0.1) is 14.9 Å². The summed E-state index contributed by atoms with van der Waals surface area (Å²) in [5.74, 6) is 0.489. The zero-order chi connectivity index (χ0) is 19.1. The lowest BCUT2D eigenvalue weighted by atomic mass is 10.1. The fourth-order valence-corrected chi connectivity index (χ4v) is 3.01. The standard InChI is InChI=1S/C21H19IN2O3/c22-19-5-1-17(2-6-19)15-27-20-7-3-16(4-8-20)13-18(14-23)21(25)24-9-11-26-12-10-24/h1-8,13H,9-12,15H2/b18-13-. The van der Waals surface area contributed by atoms with E-state index >= 15 is 0 Å². The Morgan fingerprint density at radius 2 is 1.81 bits per heavy atom. The van der Waals surface area contributed by atoms with Crippen LogP contribution < -0.4 is 4.74 Å². The third kappa shape index (κ3) is 5.55. The van der Waals surface area contributed by atoms with Gasteiger partial charge in [-0.1, -0.05) is 24.3 Å². The van der Waals surface area contributed by atoms with Crippen LogP contribution in [-0.2, 0) is 16.1 Å². The van der Waals surface area contributed by atoms with Gasteiger partial charge in [-0.3, -0.25) is 4.79 Å². The molecular formula is C21H19IN2O3. The van der Waals surface area contributed by atoms with Crippen LogP contribution >= 0.6 is 22.6 Å². The molecule has 27 heavy (non-hydrogen) atoms. The molecule has 0 N–H and O–H groups in total. The first-order chi connectivity index (χ1) is 13.2. The largest absolute Gasteiger partial charge is 0.489 e. The molecule has 2 aromatic rings. The molecule has 3 rings (SSSR count). The summed E-state index contributed by atoms with van der Waals surface area (Å²) in [5, 5.41) is 9.35. The summed E-state index contributed by atoms with van der Waals surface area (Å²) in [6.07, 6.45) is 1.61. The Labute approximate surface area is 172 Å². The van der Waals surface area contributed by atoms with E-state index in [-0.39, 0.29) is 11.5 Å². The number of carbonyl (C=O) groups excluding carboxylic acids is 1. The van der Waals surface area contributed by atoms with Gasteiger partial charge in [-0.2, -0.15) is 5.26 Å². The van der Waals surface area contributed by atoms with E-state index < -0.39 is 0 Å². The molecule has 0 bridgehead atoms. The number of morpholine rings is 1. The van der Waals surface area contributed by atoms with Crippen LogP contribution in [0.5, 0.6) is 5.75 Å². The summed E-state index contributed by atoms with van der Waals surface area (Å²) < 4.78 is 12.2. The summed E-state index contributed by atoms with van der Waals surface area (Å²) in [7, 11) is 0. The minimum absolute atomic E-state index is 0.129. The first-order valence-electron chi connectivity index (χ1n) is 8.62. The second-order valence-electron chi connectivity index (χ2n) is 6.06. The summed E-state index contributed by atoms with van der Waals surface area (Å²) in [6.45, 7) is 2.55. The maximum atomic E-state index is 12.4. The van der Waals surface area contributed by atoms with E-state index in [0.29, 0.717) is 32.9 Å². The first-order valence-corrected chi connectivity index (χ1v) is 9.70. The van der Waals surface area contributed by atoms with Gasteiger partial charge in [0.15, 0.2) is 0 Å². The van der Waals surface area contributed by atoms with Gasteiger partial charge in [0.1, 0.15) is 24.0 Å². The van der Waals surface area contributed by atoms with Crippen LogP contribution in [0.3, 0.4) is 0 Å². The number of rotatable bonds is 5. The molecule has 2 aromatic carbocycles. The molecule has 6 heteroatoms. The molecule has 5 nitrogen and oxygen atoms in total. The van der Waals surface area contributed by atoms with Crippen LogP contribution in [0.1, 0.15) is 11.1 Å². The van der Waals surface area contributed by atoms with Gasteiger partial charge in [0.25, 0.3) is 5.91 Å². The zero-order valence-corrected chi connectivity index (χ0v) is 16.9. The highest BCUT2D eigenvalue weighted by atomic mass is 127. The van der Waals surface area contributed by atoms with E-state index in [1.807, 2.05) is 54.6 Å². The van der Waals surface area contributed by atoms with Crippen molar-refractivity contribution in [1.82, 2.24) is 4.90 Å². The smallest absolute Gasteiger partial charge is 0.264 e. The van der Waals surface area contributed by atoms with Crippen LogP contribution in [-0.4, -0.2) is 37.1 Å². The number of amides is 1. The molecule has 0 radical (unpaired) electrons. The highest BCUT2D eigenvalue weighted by molar-refractivity contribution is 14.1. The lowest BCUT2D eigenvalue weighted by Gasteiger charge is -2.26. The van der Waals surface area contributed by atoms with Crippen LogP contribution in [0.15, 0.2) is 54.1 Å². The summed E-state index contributed by atoms with van der Waals surface area (Å²) in [6, 6.07) is 17.5. The molecule has 1 aliphatic rings. The molecular weight excluding hydrogens is 455 g/mol. The van der Waals surface area contributed by atoms with Gasteiger partial charge in [0, 0.05) is 16.7 Å². The van der Waals surface area contributed by atoms with Crippen molar-refractivity contribution in [1.29, 1.82) is 5.26 Å². The molecule has 0 aliphatic carbocycles. The predicted molar refractivity (Wildman–Crippen MR) is 111 cm³/mol. The van der Waals surface area contributed by atoms with Crippen LogP contribution in [0.25, 0.3) is 6.08 Å². The fourth-order valence-electron chi connectivity index (χ4n) is 2.65. The van der Waals surface area contributed by atoms with Gasteiger partial charge in [0.2, 0.25) is 0 Å². The van der Waals surface area contributed by atoms with E-state index in [4.69, 9.17) is 9.47 Å². The Balaban J connectivity index is 1.63. The van der Waals surface area contributed by atoms with Crippen molar-refractivity contribution < 1.29 is 14.3 Å². The van der Waals surface area contributed by atoms with Gasteiger partial charge in [0.05, 0.1) is 13.2 Å². The highest BCUT2D eigenvalue weighted by Crippen LogP contribution is 2.17. The van der Waals surface area contributed by atoms with Crippen LogP contribution in [0.2, 0.25) is 0 Å². The number of ether oxygens (including phenoxy) is 2. The third-order valence-electron chi connectivity index (χ3n) is 4.16. The molecule has 0 spiro atoms. The molecule has 138 valence electrons. The average Bonchev–Trinajstić information content (AvgIpc) is 2.72. The maximum absolute atomic E-state index is 12.4. The number of hydrogen-bond acceptors (Lipinski definition) is 4. The number of benzene rings is 2. The van der Waals surface area contributed by atoms with Crippen molar-refractivity contribution in [3.8, 4) is 11.8 Å². The van der Waals surface area contributed by atoms with E-state index in [2.05, 4.69) is 22.6 Å². The van der Waals surface area contributed by atoms with Gasteiger partial charge in [-0.15, -0.1) is 0 Å². The monoisotopic (exact) mass is 474 g/mol. The van der Waals surface area contributed by atoms with E-state index in [0.717, 1.165) is 16.9 Å². The maximum Gasteiger partial charge on any atom is 0.264 e. The molecule has 0 atom stereocenters. The predicted octanol–water partition coefficient (Wildman–Crippen LogP) is 3.64. The van der Waals surface area contributed by atoms with E-state index in [1.54, 1.807) is 11.0 Å². The zero-order valence-electron chi connectivity index (χ0n) is 14.7. The number of carbonyl (C=O) groups is 1. The molecule has 1 aliphatic heterocycles. The Bertz CT molecular complexity index is 848. The lowest BCUT2D eigenvalue weighted by Crippen LogP contribution is -2.41. The number of halogens is 1. The Kier molecular flexibility index (Phi) is 6.85. The fraction of sp³-hybridized carbons (Fsp3) is 0.238. The van der Waals surface area contributed by atoms with Crippen molar-refractivity contribution in [2.45, 2.75) is 6.61 Å². The number of nitriles is 1. The van der Waals surface area contributed by atoms with Crippen LogP contribution in [0.4, 0.5) is 0 Å². The SMILES string of the molecule is N#C/C(=C/c1ccc(OCc2ccc(I)cc2)cc1)C(=O)N1CCOCC1. The van der Waals surface area contributed by atoms with Crippen molar-refractivity contribution in [3.05, 3.63) is 68.8 Å². The summed E-state index contributed by atoms with van der Waals surface area (Å²) >= 11 is 2.27. The highest BCUT2D eigenvalue weighted by Gasteiger charge is 2.20. The number of hydrogen-bond donors (Lipinski definition) is 0. The molecule has 0 unspecified atom stereocenters. The lowest BCUT2D eigenvalue weighted by molar-refractivity contribution is -0.130. The minimum atomic E-state index is -0.250. The second-order valence-corrected chi connectivity index (χ2v) is 7.30. The summed E-state index contributed by atoms with van der Waals surface area (Å²) in [5.41, 5.74) is 2.02. The van der Waals surface area contributed by atoms with Crippen molar-refractivity contribution in [3.63, 3.8) is 0 Å². The third-order valence-corrected chi connectivity index (χ3v) is 4.88. The quantitative estimate of drug-likeness (QED) is 0.377. The van der Waals surface area contributed by atoms with Crippen molar-refractivity contribution >= 4 is 34.6 Å². The van der Waals surface area contributed by atoms with Gasteiger partial charge >= 0.3 is 0 Å². The molecule has 0 saturated carbocycles. The van der Waals surface area contributed by atoms with Crippen molar-refractivity contribution in [2.24, 2.45) is 0 Å². The number of nitrogens with zero attached hydrogens (tertiary/aromatic N) is 2. The first kappa shape index (κ1) is 19.4. The van der Waals surface area contributed by atoms with Gasteiger partial charge in [-0.25, -0.2) is 0 Å². The average molecular weight is 474 g/mol. The summed E-state index contributed by atoms with van der Waals surface area (Å²) in [4.78, 5) is 14.1. The van der Waals surface area contributed by atoms with E-state index in [1.165, 1.54) is 3.57 Å². The Hall–Kier alpha value is -2.37. The van der Waals surface area contributed by atoms with Crippen molar-refractivity contribution in [2.75, 3.05) is 26.3 Å². The van der Waals surface area contributed by atoms with Gasteiger partial charge < -0.3 is 14.4 Å². The van der Waals surface area contributed by atoms with E-state index in [9.17, 15) is 10.1 Å². The molecule has 1 amide bonds. The molecule has 1 fully saturated rings. The molecule has 0 aromatic heterocycles. The topological polar surface area (TPSA) is 62.6 Å². The Morgan fingerprint density at radius 1 is 1.15 bits per heavy atom.